The number of para-hydroxylation sites is 2. The number of anilines is 2. The summed E-state index contributed by atoms with van der Waals surface area (Å²) in [6.07, 6.45) is 0. The predicted molar refractivity (Wildman–Crippen MR) is 137 cm³/mol. The molecule has 0 amide bonds. The molecule has 0 N–H and O–H groups in total. The Labute approximate surface area is 206 Å². The molecule has 2 nitrogen and oxygen atoms in total. The normalized spacial score (nSPS) is 15.8. The van der Waals surface area contributed by atoms with Gasteiger partial charge in [-0.05, 0) is 0 Å². The summed E-state index contributed by atoms with van der Waals surface area (Å²) in [6.45, 7) is 18.2. The summed E-state index contributed by atoms with van der Waals surface area (Å²) in [6, 6.07) is 13.5. The molecule has 3 rings (SSSR count). The summed E-state index contributed by atoms with van der Waals surface area (Å²) < 4.78 is 5.17. The van der Waals surface area contributed by atoms with Gasteiger partial charge in [-0.3, -0.25) is 0 Å². The Hall–Kier alpha value is 0.217. The van der Waals surface area contributed by atoms with Crippen LogP contribution in [-0.2, 0) is 0 Å². The number of benzene rings is 2. The van der Waals surface area contributed by atoms with Gasteiger partial charge in [0.15, 0.2) is 0 Å². The molecule has 0 spiro atoms. The van der Waals surface area contributed by atoms with Gasteiger partial charge in [0.2, 0.25) is 0 Å². The minimum absolute atomic E-state index is 0.461. The zero-order chi connectivity index (χ0) is 22.3. The predicted octanol–water partition coefficient (Wildman–Crippen LogP) is 7.95. The third kappa shape index (κ3) is 4.49. The van der Waals surface area contributed by atoms with Crippen LogP contribution in [0.15, 0.2) is 36.4 Å². The van der Waals surface area contributed by atoms with Crippen LogP contribution < -0.4 is 2.69 Å². The van der Waals surface area contributed by atoms with Gasteiger partial charge < -0.3 is 0 Å². The summed E-state index contributed by atoms with van der Waals surface area (Å²) in [4.78, 5) is 0. The second-order valence-electron chi connectivity index (χ2n) is 9.40. The van der Waals surface area contributed by atoms with Crippen molar-refractivity contribution < 1.29 is 0 Å². The molecule has 2 aromatic rings. The second-order valence-corrected chi connectivity index (χ2v) is 29.4. The van der Waals surface area contributed by atoms with Gasteiger partial charge >= 0.3 is 208 Å². The molecule has 2 aromatic carbocycles. The van der Waals surface area contributed by atoms with Gasteiger partial charge in [-0.1, -0.05) is 0 Å². The summed E-state index contributed by atoms with van der Waals surface area (Å²) in [5.74, 6) is 1.84. The van der Waals surface area contributed by atoms with Crippen molar-refractivity contribution in [3.05, 3.63) is 58.7 Å². The molecule has 6 heteroatoms. The van der Waals surface area contributed by atoms with Crippen LogP contribution in [0.4, 0.5) is 11.4 Å². The van der Waals surface area contributed by atoms with E-state index in [-0.39, 0.29) is 0 Å². The Balaban J connectivity index is 2.11. The number of nitrogens with zero attached hydrogens (tertiary/aromatic N) is 2. The van der Waals surface area contributed by atoms with Crippen LogP contribution in [0.3, 0.4) is 0 Å². The Morgan fingerprint density at radius 3 is 0.967 bits per heavy atom. The first-order valence-electron chi connectivity index (χ1n) is 11.0. The van der Waals surface area contributed by atoms with E-state index in [0.717, 1.165) is 0 Å². The molecule has 0 unspecified atom stereocenters. The van der Waals surface area contributed by atoms with Crippen molar-refractivity contribution in [1.29, 1.82) is 0 Å². The molecule has 162 valence electrons. The van der Waals surface area contributed by atoms with Crippen LogP contribution in [0.25, 0.3) is 0 Å². The molecule has 1 fully saturated rings. The second kappa shape index (κ2) is 10.0. The summed E-state index contributed by atoms with van der Waals surface area (Å²) in [5.41, 5.74) is 8.36. The quantitative estimate of drug-likeness (QED) is 0.291. The van der Waals surface area contributed by atoms with Crippen LogP contribution in [-0.4, -0.2) is 38.4 Å². The first kappa shape index (κ1) is 24.9. The zero-order valence-electron chi connectivity index (χ0n) is 19.4. The van der Waals surface area contributed by atoms with Crippen LogP contribution in [0.2, 0.25) is 0 Å². The molecule has 0 bridgehead atoms. The maximum atomic E-state index is 7.36. The van der Waals surface area contributed by atoms with Crippen molar-refractivity contribution in [2.75, 3.05) is 2.69 Å². The minimum atomic E-state index is -2.58. The molecule has 1 saturated heterocycles. The summed E-state index contributed by atoms with van der Waals surface area (Å²) >= 11 is -5.17. The van der Waals surface area contributed by atoms with E-state index in [1.165, 1.54) is 33.6 Å². The van der Waals surface area contributed by atoms with E-state index < -0.39 is 38.4 Å². The molecule has 1 aliphatic rings. The number of halogens is 2. The molecule has 0 atom stereocenters. The average molecular weight is 659 g/mol. The molecular weight excluding hydrogens is 625 g/mol. The van der Waals surface area contributed by atoms with E-state index in [2.05, 4.69) is 94.5 Å². The monoisotopic (exact) mass is 660 g/mol. The van der Waals surface area contributed by atoms with Crippen LogP contribution >= 0.6 is 17.8 Å². The first-order chi connectivity index (χ1) is 14.1. The molecule has 0 saturated carbocycles. The molecule has 30 heavy (non-hydrogen) atoms. The van der Waals surface area contributed by atoms with E-state index >= 15 is 0 Å². The van der Waals surface area contributed by atoms with E-state index in [4.69, 9.17) is 17.8 Å². The molecule has 0 aliphatic carbocycles. The summed E-state index contributed by atoms with van der Waals surface area (Å²) in [7, 11) is 14.7. The van der Waals surface area contributed by atoms with Crippen molar-refractivity contribution in [3.63, 3.8) is 0 Å². The zero-order valence-corrected chi connectivity index (χ0v) is 26.6. The van der Waals surface area contributed by atoms with Crippen molar-refractivity contribution >= 4 is 67.6 Å². The SMILES string of the molecule is CC(C)c1cccc(C(C)C)c1[N]1[Sn]([Cl])[N](c2c(C(C)C)cccc2C(C)C)[Sn]1[Cl]. The number of hydrogen-bond donors (Lipinski definition) is 0. The molecule has 2 radical (unpaired) electrons. The Morgan fingerprint density at radius 2 is 0.767 bits per heavy atom. The number of hydrogen-bond acceptors (Lipinski definition) is 2. The van der Waals surface area contributed by atoms with Crippen molar-refractivity contribution in [3.8, 4) is 0 Å². The Kier molecular flexibility index (Phi) is 8.29. The van der Waals surface area contributed by atoms with Crippen molar-refractivity contribution in [2.24, 2.45) is 0 Å². The fourth-order valence-electron chi connectivity index (χ4n) is 4.22. The molecule has 1 heterocycles. The van der Waals surface area contributed by atoms with Gasteiger partial charge in [0.1, 0.15) is 0 Å². The van der Waals surface area contributed by atoms with E-state index in [0.29, 0.717) is 23.7 Å². The molecule has 0 aromatic heterocycles. The molecular formula is C24H34Cl2N2Sn2. The van der Waals surface area contributed by atoms with Gasteiger partial charge in [-0.15, -0.1) is 0 Å². The Bertz CT molecular complexity index is 765. The topological polar surface area (TPSA) is 6.48 Å². The van der Waals surface area contributed by atoms with E-state index in [9.17, 15) is 0 Å². The summed E-state index contributed by atoms with van der Waals surface area (Å²) in [5, 5.41) is 0. The molecule has 1 aliphatic heterocycles. The van der Waals surface area contributed by atoms with Crippen molar-refractivity contribution in [1.82, 2.24) is 0 Å². The van der Waals surface area contributed by atoms with E-state index in [1.807, 2.05) is 0 Å². The maximum absolute atomic E-state index is 7.36. The fourth-order valence-corrected chi connectivity index (χ4v) is 41.5. The number of rotatable bonds is 6. The van der Waals surface area contributed by atoms with Gasteiger partial charge in [0.25, 0.3) is 0 Å². The van der Waals surface area contributed by atoms with Gasteiger partial charge in [-0.2, -0.15) is 0 Å². The van der Waals surface area contributed by atoms with Gasteiger partial charge in [-0.25, -0.2) is 0 Å². The van der Waals surface area contributed by atoms with Crippen molar-refractivity contribution in [2.45, 2.75) is 79.1 Å². The van der Waals surface area contributed by atoms with E-state index in [1.54, 1.807) is 0 Å². The first-order valence-corrected chi connectivity index (χ1v) is 23.3. The standard InChI is InChI=1S/2C12H17N.2ClH.2Sn/c2*1-8(2)10-6-5-7-11(9(3)4)12(10)13;;;;/h2*5-9H,1-4H3;2*1H;;/q;;;;2*+1/p-2. The van der Waals surface area contributed by atoms with Crippen LogP contribution in [0, 0.1) is 0 Å². The van der Waals surface area contributed by atoms with Gasteiger partial charge in [0, 0.05) is 0 Å². The Morgan fingerprint density at radius 1 is 0.533 bits per heavy atom. The third-order valence-corrected chi connectivity index (χ3v) is 44.2. The fraction of sp³-hybridized carbons (Fsp3) is 0.500. The van der Waals surface area contributed by atoms with Crippen LogP contribution in [0.5, 0.6) is 0 Å². The third-order valence-electron chi connectivity index (χ3n) is 5.87. The van der Waals surface area contributed by atoms with Crippen LogP contribution in [0.1, 0.15) is 101 Å². The average Bonchev–Trinajstić information content (AvgIpc) is 2.67. The van der Waals surface area contributed by atoms with Gasteiger partial charge in [0.05, 0.1) is 0 Å².